The Balaban J connectivity index is 2.31. The van der Waals surface area contributed by atoms with E-state index < -0.39 is 0 Å². The van der Waals surface area contributed by atoms with Crippen LogP contribution in [0.2, 0.25) is 0 Å². The summed E-state index contributed by atoms with van der Waals surface area (Å²) >= 11 is 0. The Morgan fingerprint density at radius 2 is 2.20 bits per heavy atom. The molecule has 0 bridgehead atoms. The van der Waals surface area contributed by atoms with Crippen LogP contribution < -0.4 is 5.32 Å². The number of hydrogen-bond acceptors (Lipinski definition) is 1. The Kier molecular flexibility index (Phi) is 4.40. The lowest BCUT2D eigenvalue weighted by Gasteiger charge is -2.03. The van der Waals surface area contributed by atoms with Gasteiger partial charge in [-0.3, -0.25) is 4.79 Å². The number of aromatic amines is 1. The topological polar surface area (TPSA) is 44.9 Å². The second-order valence-electron chi connectivity index (χ2n) is 3.95. The molecular formula is C12H20N2O. The highest BCUT2D eigenvalue weighted by atomic mass is 16.1. The summed E-state index contributed by atoms with van der Waals surface area (Å²) in [5.41, 5.74) is 3.68. The number of aryl methyl sites for hydroxylation is 2. The molecule has 3 heteroatoms. The van der Waals surface area contributed by atoms with Crippen molar-refractivity contribution in [2.24, 2.45) is 0 Å². The van der Waals surface area contributed by atoms with Gasteiger partial charge in [-0.15, -0.1) is 0 Å². The predicted molar refractivity (Wildman–Crippen MR) is 61.9 cm³/mol. The fourth-order valence-corrected chi connectivity index (χ4v) is 1.69. The third-order valence-corrected chi connectivity index (χ3v) is 2.45. The number of rotatable bonds is 5. The zero-order chi connectivity index (χ0) is 11.3. The van der Waals surface area contributed by atoms with Crippen LogP contribution in [0.25, 0.3) is 0 Å². The molecule has 0 saturated carbocycles. The first kappa shape index (κ1) is 11.8. The number of hydrogen-bond donors (Lipinski definition) is 2. The smallest absolute Gasteiger partial charge is 0.219 e. The van der Waals surface area contributed by atoms with E-state index in [0.717, 1.165) is 19.4 Å². The zero-order valence-corrected chi connectivity index (χ0v) is 9.81. The van der Waals surface area contributed by atoms with Gasteiger partial charge in [-0.25, -0.2) is 0 Å². The summed E-state index contributed by atoms with van der Waals surface area (Å²) in [6.07, 6.45) is 2.45. The Morgan fingerprint density at radius 3 is 2.73 bits per heavy atom. The highest BCUT2D eigenvalue weighted by molar-refractivity contribution is 5.75. The van der Waals surface area contributed by atoms with Gasteiger partial charge < -0.3 is 10.3 Å². The van der Waals surface area contributed by atoms with Crippen LogP contribution in [-0.4, -0.2) is 17.4 Å². The summed E-state index contributed by atoms with van der Waals surface area (Å²) in [5.74, 6) is 0.155. The van der Waals surface area contributed by atoms with Crippen molar-refractivity contribution in [1.82, 2.24) is 10.3 Å². The Morgan fingerprint density at radius 1 is 1.47 bits per heavy atom. The van der Waals surface area contributed by atoms with E-state index >= 15 is 0 Å². The largest absolute Gasteiger partial charge is 0.362 e. The van der Waals surface area contributed by atoms with E-state index in [-0.39, 0.29) is 5.91 Å². The molecular weight excluding hydrogens is 188 g/mol. The Hall–Kier alpha value is -1.25. The molecule has 1 rings (SSSR count). The van der Waals surface area contributed by atoms with Crippen LogP contribution in [0.15, 0.2) is 6.07 Å². The van der Waals surface area contributed by atoms with Crippen LogP contribution in [0.4, 0.5) is 0 Å². The van der Waals surface area contributed by atoms with Crippen molar-refractivity contribution < 1.29 is 4.79 Å². The highest BCUT2D eigenvalue weighted by Gasteiger charge is 2.03. The van der Waals surface area contributed by atoms with Crippen LogP contribution in [-0.2, 0) is 11.2 Å². The molecule has 0 saturated heterocycles. The molecule has 0 aliphatic carbocycles. The van der Waals surface area contributed by atoms with Crippen molar-refractivity contribution in [1.29, 1.82) is 0 Å². The summed E-state index contributed by atoms with van der Waals surface area (Å²) in [6.45, 7) is 6.86. The number of nitrogens with one attached hydrogen (secondary N) is 2. The maximum Gasteiger partial charge on any atom is 0.219 e. The molecule has 1 aromatic rings. The SMILES string of the molecule is CCCC(=O)NCCc1cc(C)[nH]c1C. The zero-order valence-electron chi connectivity index (χ0n) is 9.81. The summed E-state index contributed by atoms with van der Waals surface area (Å²) < 4.78 is 0. The molecule has 15 heavy (non-hydrogen) atoms. The lowest BCUT2D eigenvalue weighted by atomic mass is 10.2. The van der Waals surface area contributed by atoms with Gasteiger partial charge >= 0.3 is 0 Å². The first-order valence-corrected chi connectivity index (χ1v) is 5.55. The minimum absolute atomic E-state index is 0.155. The molecule has 2 N–H and O–H groups in total. The maximum atomic E-state index is 11.2. The van der Waals surface area contributed by atoms with Gasteiger partial charge in [0.1, 0.15) is 0 Å². The lowest BCUT2D eigenvalue weighted by molar-refractivity contribution is -0.121. The molecule has 0 aliphatic rings. The molecule has 84 valence electrons. The first-order valence-electron chi connectivity index (χ1n) is 5.55. The van der Waals surface area contributed by atoms with Gasteiger partial charge in [0.15, 0.2) is 0 Å². The van der Waals surface area contributed by atoms with E-state index in [1.807, 2.05) is 13.8 Å². The van der Waals surface area contributed by atoms with Crippen LogP contribution in [0.3, 0.4) is 0 Å². The van der Waals surface area contributed by atoms with Crippen molar-refractivity contribution >= 4 is 5.91 Å². The quantitative estimate of drug-likeness (QED) is 0.764. The first-order chi connectivity index (χ1) is 7.13. The molecule has 1 amide bonds. The summed E-state index contributed by atoms with van der Waals surface area (Å²) in [5, 5.41) is 2.92. The van der Waals surface area contributed by atoms with Gasteiger partial charge in [-0.1, -0.05) is 6.92 Å². The fourth-order valence-electron chi connectivity index (χ4n) is 1.69. The third kappa shape index (κ3) is 3.78. The average Bonchev–Trinajstić information content (AvgIpc) is 2.46. The minimum Gasteiger partial charge on any atom is -0.362 e. The molecule has 1 heterocycles. The second kappa shape index (κ2) is 5.59. The van der Waals surface area contributed by atoms with Gasteiger partial charge in [0.2, 0.25) is 5.91 Å². The van der Waals surface area contributed by atoms with E-state index in [2.05, 4.69) is 23.3 Å². The van der Waals surface area contributed by atoms with Gasteiger partial charge in [-0.2, -0.15) is 0 Å². The van der Waals surface area contributed by atoms with Crippen molar-refractivity contribution in [3.05, 3.63) is 23.0 Å². The van der Waals surface area contributed by atoms with Crippen molar-refractivity contribution in [3.8, 4) is 0 Å². The van der Waals surface area contributed by atoms with E-state index in [4.69, 9.17) is 0 Å². The minimum atomic E-state index is 0.155. The number of H-pyrrole nitrogens is 1. The summed E-state index contributed by atoms with van der Waals surface area (Å²) in [4.78, 5) is 14.5. The standard InChI is InChI=1S/C12H20N2O/c1-4-5-12(15)13-7-6-11-8-9(2)14-10(11)3/h8,14H,4-7H2,1-3H3,(H,13,15). The third-order valence-electron chi connectivity index (χ3n) is 2.45. The van der Waals surface area contributed by atoms with E-state index in [1.165, 1.54) is 17.0 Å². The molecule has 3 nitrogen and oxygen atoms in total. The van der Waals surface area contributed by atoms with E-state index in [0.29, 0.717) is 6.42 Å². The number of carbonyl (C=O) groups excluding carboxylic acids is 1. The second-order valence-corrected chi connectivity index (χ2v) is 3.95. The molecule has 1 aromatic heterocycles. The van der Waals surface area contributed by atoms with E-state index in [9.17, 15) is 4.79 Å². The summed E-state index contributed by atoms with van der Waals surface area (Å²) in [6, 6.07) is 2.14. The predicted octanol–water partition coefficient (Wildman–Crippen LogP) is 2.09. The Labute approximate surface area is 91.3 Å². The number of carbonyl (C=O) groups is 1. The van der Waals surface area contributed by atoms with Crippen LogP contribution in [0.1, 0.15) is 36.7 Å². The van der Waals surface area contributed by atoms with Crippen LogP contribution >= 0.6 is 0 Å². The maximum absolute atomic E-state index is 11.2. The molecule has 0 aromatic carbocycles. The molecule has 0 radical (unpaired) electrons. The highest BCUT2D eigenvalue weighted by Crippen LogP contribution is 2.09. The Bertz CT molecular complexity index is 328. The van der Waals surface area contributed by atoms with Crippen molar-refractivity contribution in [3.63, 3.8) is 0 Å². The lowest BCUT2D eigenvalue weighted by Crippen LogP contribution is -2.25. The molecule has 0 aliphatic heterocycles. The number of amides is 1. The van der Waals surface area contributed by atoms with E-state index in [1.54, 1.807) is 0 Å². The van der Waals surface area contributed by atoms with Gasteiger partial charge in [-0.05, 0) is 38.3 Å². The normalized spacial score (nSPS) is 10.3. The molecule has 0 fully saturated rings. The molecule has 0 atom stereocenters. The molecule has 0 unspecified atom stereocenters. The van der Waals surface area contributed by atoms with Gasteiger partial charge in [0, 0.05) is 24.4 Å². The summed E-state index contributed by atoms with van der Waals surface area (Å²) in [7, 11) is 0. The average molecular weight is 208 g/mol. The van der Waals surface area contributed by atoms with Gasteiger partial charge in [0.25, 0.3) is 0 Å². The van der Waals surface area contributed by atoms with Crippen molar-refractivity contribution in [2.75, 3.05) is 6.54 Å². The van der Waals surface area contributed by atoms with Crippen LogP contribution in [0.5, 0.6) is 0 Å². The van der Waals surface area contributed by atoms with Gasteiger partial charge in [0.05, 0.1) is 0 Å². The molecule has 0 spiro atoms. The van der Waals surface area contributed by atoms with Crippen LogP contribution in [0, 0.1) is 13.8 Å². The fraction of sp³-hybridized carbons (Fsp3) is 0.583. The number of aromatic nitrogens is 1. The monoisotopic (exact) mass is 208 g/mol. The van der Waals surface area contributed by atoms with Crippen molar-refractivity contribution in [2.45, 2.75) is 40.0 Å².